The first-order valence-electron chi connectivity index (χ1n) is 9.52. The molecule has 1 fully saturated rings. The molecule has 1 aliphatic heterocycles. The van der Waals surface area contributed by atoms with Crippen LogP contribution in [0.25, 0.3) is 0 Å². The van der Waals surface area contributed by atoms with Gasteiger partial charge in [0.05, 0.1) is 6.61 Å². The molecule has 3 rings (SSSR count). The maximum atomic E-state index is 6.08. The number of piperidine rings is 1. The monoisotopic (exact) mass is 367 g/mol. The number of aliphatic imine (C=N–C) groups is 1. The lowest BCUT2D eigenvalue weighted by atomic mass is 10.1. The number of nitrogens with zero attached hydrogens (tertiary/aromatic N) is 2. The molecule has 1 aliphatic rings. The first-order valence-corrected chi connectivity index (χ1v) is 9.52. The molecule has 144 valence electrons. The van der Waals surface area contributed by atoms with E-state index in [0.717, 1.165) is 44.2 Å². The van der Waals surface area contributed by atoms with Crippen LogP contribution in [0.1, 0.15) is 24.0 Å². The third kappa shape index (κ3) is 5.73. The minimum Gasteiger partial charge on any atom is -0.490 e. The fourth-order valence-electron chi connectivity index (χ4n) is 3.31. The molecule has 0 radical (unpaired) electrons. The van der Waals surface area contributed by atoms with Crippen LogP contribution in [-0.4, -0.2) is 44.2 Å². The lowest BCUT2D eigenvalue weighted by molar-refractivity contribution is 0.129. The van der Waals surface area contributed by atoms with Crippen molar-refractivity contribution in [2.24, 2.45) is 4.99 Å². The van der Waals surface area contributed by atoms with Gasteiger partial charge in [-0.1, -0.05) is 42.5 Å². The second-order valence-electron chi connectivity index (χ2n) is 6.77. The van der Waals surface area contributed by atoms with Gasteiger partial charge in [0.2, 0.25) is 0 Å². The topological polar surface area (TPSA) is 46.1 Å². The Hall–Kier alpha value is -2.53. The van der Waals surface area contributed by atoms with Gasteiger partial charge in [-0.2, -0.15) is 0 Å². The van der Waals surface area contributed by atoms with Crippen LogP contribution in [0.2, 0.25) is 0 Å². The van der Waals surface area contributed by atoms with E-state index < -0.39 is 0 Å². The van der Waals surface area contributed by atoms with Crippen LogP contribution in [0, 0.1) is 0 Å². The molecule has 0 unspecified atom stereocenters. The number of ether oxygens (including phenoxy) is 2. The number of guanidine groups is 1. The van der Waals surface area contributed by atoms with Gasteiger partial charge in [0.15, 0.2) is 5.96 Å². The number of hydrogen-bond donors (Lipinski definition) is 1. The van der Waals surface area contributed by atoms with Gasteiger partial charge in [0, 0.05) is 46.6 Å². The van der Waals surface area contributed by atoms with E-state index in [0.29, 0.717) is 6.61 Å². The standard InChI is InChI=1S/C22H29N3O2/c1-23-22(24-16-18-8-10-19(11-9-18)17-26-2)25-14-12-21(13-15-25)27-20-6-4-3-5-7-20/h3-11,21H,12-17H2,1-2H3,(H,23,24). The summed E-state index contributed by atoms with van der Waals surface area (Å²) in [5.41, 5.74) is 2.42. The molecule has 27 heavy (non-hydrogen) atoms. The predicted molar refractivity (Wildman–Crippen MR) is 109 cm³/mol. The zero-order valence-electron chi connectivity index (χ0n) is 16.2. The van der Waals surface area contributed by atoms with Gasteiger partial charge < -0.3 is 19.7 Å². The van der Waals surface area contributed by atoms with Crippen molar-refractivity contribution in [2.45, 2.75) is 32.1 Å². The van der Waals surface area contributed by atoms with Crippen LogP contribution in [0.15, 0.2) is 59.6 Å². The van der Waals surface area contributed by atoms with E-state index in [1.54, 1.807) is 7.11 Å². The Morgan fingerprint density at radius 1 is 1.04 bits per heavy atom. The molecule has 0 spiro atoms. The average molecular weight is 367 g/mol. The maximum Gasteiger partial charge on any atom is 0.193 e. The number of likely N-dealkylation sites (tertiary alicyclic amines) is 1. The smallest absolute Gasteiger partial charge is 0.193 e. The summed E-state index contributed by atoms with van der Waals surface area (Å²) in [5, 5.41) is 3.48. The van der Waals surface area contributed by atoms with E-state index in [-0.39, 0.29) is 6.10 Å². The number of benzene rings is 2. The van der Waals surface area contributed by atoms with Gasteiger partial charge in [-0.25, -0.2) is 0 Å². The molecular weight excluding hydrogens is 338 g/mol. The third-order valence-corrected chi connectivity index (χ3v) is 4.78. The molecule has 2 aromatic rings. The number of para-hydroxylation sites is 1. The molecule has 1 N–H and O–H groups in total. The van der Waals surface area contributed by atoms with Crippen LogP contribution in [0.3, 0.4) is 0 Å². The highest BCUT2D eigenvalue weighted by atomic mass is 16.5. The number of methoxy groups -OCH3 is 1. The van der Waals surface area contributed by atoms with Crippen molar-refractivity contribution in [1.82, 2.24) is 10.2 Å². The summed E-state index contributed by atoms with van der Waals surface area (Å²) in [6.45, 7) is 3.31. The van der Waals surface area contributed by atoms with Gasteiger partial charge in [-0.15, -0.1) is 0 Å². The molecular formula is C22H29N3O2. The highest BCUT2D eigenvalue weighted by Gasteiger charge is 2.22. The Morgan fingerprint density at radius 2 is 1.70 bits per heavy atom. The van der Waals surface area contributed by atoms with E-state index in [1.165, 1.54) is 11.1 Å². The SMILES string of the molecule is CN=C(NCc1ccc(COC)cc1)N1CCC(Oc2ccccc2)CC1. The van der Waals surface area contributed by atoms with Crippen molar-refractivity contribution >= 4 is 5.96 Å². The molecule has 1 saturated heterocycles. The van der Waals surface area contributed by atoms with Gasteiger partial charge in [-0.3, -0.25) is 4.99 Å². The van der Waals surface area contributed by atoms with Crippen molar-refractivity contribution in [3.8, 4) is 5.75 Å². The Balaban J connectivity index is 1.46. The molecule has 0 atom stereocenters. The van der Waals surface area contributed by atoms with E-state index in [4.69, 9.17) is 9.47 Å². The molecule has 0 saturated carbocycles. The van der Waals surface area contributed by atoms with Crippen molar-refractivity contribution in [3.63, 3.8) is 0 Å². The highest BCUT2D eigenvalue weighted by molar-refractivity contribution is 5.79. The van der Waals surface area contributed by atoms with Crippen molar-refractivity contribution in [2.75, 3.05) is 27.2 Å². The lowest BCUT2D eigenvalue weighted by Gasteiger charge is -2.34. The lowest BCUT2D eigenvalue weighted by Crippen LogP contribution is -2.47. The average Bonchev–Trinajstić information content (AvgIpc) is 2.72. The Labute approximate surface area is 162 Å². The Bertz CT molecular complexity index is 708. The first-order chi connectivity index (χ1) is 13.3. The van der Waals surface area contributed by atoms with Crippen LogP contribution < -0.4 is 10.1 Å². The van der Waals surface area contributed by atoms with Crippen LogP contribution in [0.4, 0.5) is 0 Å². The number of nitrogens with one attached hydrogen (secondary N) is 1. The fraction of sp³-hybridized carbons (Fsp3) is 0.409. The molecule has 0 amide bonds. The molecule has 5 nitrogen and oxygen atoms in total. The van der Waals surface area contributed by atoms with Gasteiger partial charge >= 0.3 is 0 Å². The quantitative estimate of drug-likeness (QED) is 0.627. The normalized spacial score (nSPS) is 15.6. The molecule has 5 heteroatoms. The summed E-state index contributed by atoms with van der Waals surface area (Å²) < 4.78 is 11.2. The second kappa shape index (κ2) is 9.97. The summed E-state index contributed by atoms with van der Waals surface area (Å²) in [5.74, 6) is 1.91. The zero-order chi connectivity index (χ0) is 18.9. The second-order valence-corrected chi connectivity index (χ2v) is 6.77. The largest absolute Gasteiger partial charge is 0.490 e. The molecule has 2 aromatic carbocycles. The summed E-state index contributed by atoms with van der Waals surface area (Å²) >= 11 is 0. The third-order valence-electron chi connectivity index (χ3n) is 4.78. The van der Waals surface area contributed by atoms with E-state index in [2.05, 4.69) is 39.5 Å². The van der Waals surface area contributed by atoms with Gasteiger partial charge in [0.25, 0.3) is 0 Å². The predicted octanol–water partition coefficient (Wildman–Crippen LogP) is 3.45. The van der Waals surface area contributed by atoms with E-state index in [9.17, 15) is 0 Å². The summed E-state index contributed by atoms with van der Waals surface area (Å²) in [7, 11) is 3.56. The molecule has 1 heterocycles. The molecule has 0 aromatic heterocycles. The van der Waals surface area contributed by atoms with Crippen molar-refractivity contribution < 1.29 is 9.47 Å². The molecule has 0 aliphatic carbocycles. The van der Waals surface area contributed by atoms with Crippen LogP contribution >= 0.6 is 0 Å². The van der Waals surface area contributed by atoms with Crippen molar-refractivity contribution in [3.05, 3.63) is 65.7 Å². The summed E-state index contributed by atoms with van der Waals surface area (Å²) in [4.78, 5) is 6.76. The minimum atomic E-state index is 0.273. The summed E-state index contributed by atoms with van der Waals surface area (Å²) in [6, 6.07) is 18.6. The Kier molecular flexibility index (Phi) is 7.11. The van der Waals surface area contributed by atoms with Crippen LogP contribution in [0.5, 0.6) is 5.75 Å². The Morgan fingerprint density at radius 3 is 2.33 bits per heavy atom. The van der Waals surface area contributed by atoms with E-state index in [1.807, 2.05) is 37.4 Å². The minimum absolute atomic E-state index is 0.273. The highest BCUT2D eigenvalue weighted by Crippen LogP contribution is 2.18. The number of rotatable bonds is 6. The maximum absolute atomic E-state index is 6.08. The van der Waals surface area contributed by atoms with Crippen LogP contribution in [-0.2, 0) is 17.9 Å². The van der Waals surface area contributed by atoms with E-state index >= 15 is 0 Å². The van der Waals surface area contributed by atoms with Gasteiger partial charge in [0.1, 0.15) is 11.9 Å². The number of hydrogen-bond acceptors (Lipinski definition) is 3. The first kappa shape index (κ1) is 19.2. The van der Waals surface area contributed by atoms with Gasteiger partial charge in [-0.05, 0) is 23.3 Å². The zero-order valence-corrected chi connectivity index (χ0v) is 16.2. The summed E-state index contributed by atoms with van der Waals surface area (Å²) in [6.07, 6.45) is 2.28. The van der Waals surface area contributed by atoms with Crippen molar-refractivity contribution in [1.29, 1.82) is 0 Å². The fourth-order valence-corrected chi connectivity index (χ4v) is 3.31. The molecule has 0 bridgehead atoms.